The highest BCUT2D eigenvalue weighted by atomic mass is 19.1. The van der Waals surface area contributed by atoms with Crippen LogP contribution >= 0.6 is 0 Å². The van der Waals surface area contributed by atoms with Crippen molar-refractivity contribution in [3.63, 3.8) is 0 Å². The number of carbonyl (C=O) groups excluding carboxylic acids is 1. The lowest BCUT2D eigenvalue weighted by molar-refractivity contribution is -0.117. The number of rotatable bonds is 3. The molecule has 0 aliphatic carbocycles. The van der Waals surface area contributed by atoms with Crippen molar-refractivity contribution < 1.29 is 13.7 Å². The van der Waals surface area contributed by atoms with Gasteiger partial charge in [-0.1, -0.05) is 35.0 Å². The Labute approximate surface area is 156 Å². The van der Waals surface area contributed by atoms with Crippen LogP contribution in [0, 0.1) is 26.6 Å². The van der Waals surface area contributed by atoms with Crippen molar-refractivity contribution in [2.24, 2.45) is 0 Å². The molecule has 0 saturated carbocycles. The van der Waals surface area contributed by atoms with Crippen molar-refractivity contribution in [3.8, 4) is 11.4 Å². The summed E-state index contributed by atoms with van der Waals surface area (Å²) in [5.41, 5.74) is 4.60. The predicted molar refractivity (Wildman–Crippen MR) is 100 cm³/mol. The Balaban J connectivity index is 1.60. The first kappa shape index (κ1) is 17.4. The normalized spacial score (nSPS) is 17.0. The number of aryl methyl sites for hydroxylation is 3. The Morgan fingerprint density at radius 2 is 1.93 bits per heavy atom. The molecular weight excluding hydrogens is 345 g/mol. The molecule has 0 bridgehead atoms. The van der Waals surface area contributed by atoms with Gasteiger partial charge in [0.25, 0.3) is 0 Å². The van der Waals surface area contributed by atoms with Gasteiger partial charge >= 0.3 is 0 Å². The maximum absolute atomic E-state index is 13.6. The zero-order valence-electron chi connectivity index (χ0n) is 15.5. The average Bonchev–Trinajstić information content (AvgIpc) is 3.24. The third kappa shape index (κ3) is 3.23. The van der Waals surface area contributed by atoms with Crippen LogP contribution in [0.1, 0.15) is 34.9 Å². The number of amides is 1. The van der Waals surface area contributed by atoms with Crippen LogP contribution in [-0.2, 0) is 4.79 Å². The minimum atomic E-state index is -0.359. The molecule has 2 heterocycles. The monoisotopic (exact) mass is 365 g/mol. The van der Waals surface area contributed by atoms with Gasteiger partial charge in [0, 0.05) is 24.2 Å². The lowest BCUT2D eigenvalue weighted by Crippen LogP contribution is -2.25. The van der Waals surface area contributed by atoms with Gasteiger partial charge in [-0.15, -0.1) is 0 Å². The van der Waals surface area contributed by atoms with Gasteiger partial charge in [0.2, 0.25) is 17.6 Å². The van der Waals surface area contributed by atoms with Gasteiger partial charge in [-0.3, -0.25) is 4.79 Å². The molecule has 0 radical (unpaired) electrons. The number of aromatic nitrogens is 2. The van der Waals surface area contributed by atoms with E-state index in [-0.39, 0.29) is 24.1 Å². The van der Waals surface area contributed by atoms with Crippen LogP contribution in [0.25, 0.3) is 11.4 Å². The van der Waals surface area contributed by atoms with Gasteiger partial charge in [-0.25, -0.2) is 4.39 Å². The summed E-state index contributed by atoms with van der Waals surface area (Å²) in [7, 11) is 0. The smallest absolute Gasteiger partial charge is 0.232 e. The summed E-state index contributed by atoms with van der Waals surface area (Å²) in [6.07, 6.45) is 0.268. The number of hydrogen-bond donors (Lipinski definition) is 0. The van der Waals surface area contributed by atoms with Crippen molar-refractivity contribution in [2.75, 3.05) is 11.4 Å². The van der Waals surface area contributed by atoms with Crippen LogP contribution < -0.4 is 4.90 Å². The van der Waals surface area contributed by atoms with Crippen molar-refractivity contribution in [3.05, 3.63) is 64.8 Å². The first-order chi connectivity index (χ1) is 12.9. The summed E-state index contributed by atoms with van der Waals surface area (Å²) >= 11 is 0. The number of nitrogens with zero attached hydrogens (tertiary/aromatic N) is 3. The highest BCUT2D eigenvalue weighted by Gasteiger charge is 2.36. The number of carbonyl (C=O) groups is 1. The first-order valence-electron chi connectivity index (χ1n) is 8.90. The molecule has 1 aromatic heterocycles. The van der Waals surface area contributed by atoms with E-state index in [9.17, 15) is 9.18 Å². The lowest BCUT2D eigenvalue weighted by atomic mass is 10.1. The molecule has 1 fully saturated rings. The van der Waals surface area contributed by atoms with E-state index in [1.54, 1.807) is 11.0 Å². The van der Waals surface area contributed by atoms with Crippen molar-refractivity contribution in [2.45, 2.75) is 33.1 Å². The van der Waals surface area contributed by atoms with E-state index in [0.29, 0.717) is 23.9 Å². The Morgan fingerprint density at radius 3 is 2.70 bits per heavy atom. The summed E-state index contributed by atoms with van der Waals surface area (Å²) < 4.78 is 19.1. The number of anilines is 1. The molecule has 1 aliphatic heterocycles. The van der Waals surface area contributed by atoms with E-state index in [0.717, 1.165) is 16.7 Å². The molecule has 4 rings (SSSR count). The van der Waals surface area contributed by atoms with Gasteiger partial charge in [-0.2, -0.15) is 4.98 Å². The zero-order valence-corrected chi connectivity index (χ0v) is 15.5. The highest BCUT2D eigenvalue weighted by Crippen LogP contribution is 2.34. The third-order valence-corrected chi connectivity index (χ3v) is 5.00. The molecule has 138 valence electrons. The topological polar surface area (TPSA) is 59.2 Å². The van der Waals surface area contributed by atoms with Crippen LogP contribution in [0.5, 0.6) is 0 Å². The number of hydrogen-bond acceptors (Lipinski definition) is 4. The summed E-state index contributed by atoms with van der Waals surface area (Å²) in [5, 5.41) is 4.10. The summed E-state index contributed by atoms with van der Waals surface area (Å²) in [4.78, 5) is 18.6. The van der Waals surface area contributed by atoms with E-state index in [4.69, 9.17) is 4.52 Å². The third-order valence-electron chi connectivity index (χ3n) is 5.00. The molecule has 27 heavy (non-hydrogen) atoms. The van der Waals surface area contributed by atoms with Gasteiger partial charge in [0.05, 0.1) is 5.92 Å². The lowest BCUT2D eigenvalue weighted by Gasteiger charge is -2.18. The standard InChI is InChI=1S/C21H20FN3O2/c1-12-4-7-17(14(3)8-12)20-23-21(27-24-20)15-9-19(26)25(11-15)18-10-16(22)6-5-13(18)2/h4-8,10,15H,9,11H2,1-3H3. The molecule has 0 N–H and O–H groups in total. The number of halogens is 1. The molecule has 5 nitrogen and oxygen atoms in total. The quantitative estimate of drug-likeness (QED) is 0.693. The summed E-state index contributed by atoms with van der Waals surface area (Å²) in [6.45, 7) is 6.30. The highest BCUT2D eigenvalue weighted by molar-refractivity contribution is 5.97. The second kappa shape index (κ2) is 6.61. The predicted octanol–water partition coefficient (Wildman–Crippen LogP) is 4.32. The molecule has 1 amide bonds. The minimum Gasteiger partial charge on any atom is -0.339 e. The fourth-order valence-corrected chi connectivity index (χ4v) is 3.55. The second-order valence-electron chi connectivity index (χ2n) is 7.11. The molecule has 1 unspecified atom stereocenters. The molecule has 0 spiro atoms. The van der Waals surface area contributed by atoms with Crippen molar-refractivity contribution in [1.29, 1.82) is 0 Å². The molecule has 3 aromatic rings. The van der Waals surface area contributed by atoms with E-state index < -0.39 is 0 Å². The van der Waals surface area contributed by atoms with Crippen LogP contribution in [0.2, 0.25) is 0 Å². The van der Waals surface area contributed by atoms with Crippen LogP contribution in [0.4, 0.5) is 10.1 Å². The maximum atomic E-state index is 13.6. The van der Waals surface area contributed by atoms with Gasteiger partial charge in [0.1, 0.15) is 5.82 Å². The Kier molecular flexibility index (Phi) is 4.26. The summed E-state index contributed by atoms with van der Waals surface area (Å²) in [5.74, 6) is 0.333. The Bertz CT molecular complexity index is 1030. The molecule has 6 heteroatoms. The van der Waals surface area contributed by atoms with Gasteiger partial charge in [-0.05, 0) is 44.0 Å². The minimum absolute atomic E-state index is 0.0695. The van der Waals surface area contributed by atoms with E-state index in [1.807, 2.05) is 32.9 Å². The molecule has 1 atom stereocenters. The SMILES string of the molecule is Cc1ccc(-c2noc(C3CC(=O)N(c4cc(F)ccc4C)C3)n2)c(C)c1. The Morgan fingerprint density at radius 1 is 1.11 bits per heavy atom. The van der Waals surface area contributed by atoms with Crippen molar-refractivity contribution >= 4 is 11.6 Å². The molecule has 1 saturated heterocycles. The maximum Gasteiger partial charge on any atom is 0.232 e. The van der Waals surface area contributed by atoms with Gasteiger partial charge < -0.3 is 9.42 Å². The largest absolute Gasteiger partial charge is 0.339 e. The molecular formula is C21H20FN3O2. The average molecular weight is 365 g/mol. The first-order valence-corrected chi connectivity index (χ1v) is 8.90. The van der Waals surface area contributed by atoms with E-state index >= 15 is 0 Å². The van der Waals surface area contributed by atoms with Crippen LogP contribution in [0.3, 0.4) is 0 Å². The van der Waals surface area contributed by atoms with Crippen LogP contribution in [0.15, 0.2) is 40.9 Å². The second-order valence-corrected chi connectivity index (χ2v) is 7.11. The molecule has 2 aromatic carbocycles. The van der Waals surface area contributed by atoms with Crippen molar-refractivity contribution in [1.82, 2.24) is 10.1 Å². The fraction of sp³-hybridized carbons (Fsp3) is 0.286. The Hall–Kier alpha value is -3.02. The van der Waals surface area contributed by atoms with Crippen LogP contribution in [-0.4, -0.2) is 22.6 Å². The summed E-state index contributed by atoms with van der Waals surface area (Å²) in [6, 6.07) is 10.5. The zero-order chi connectivity index (χ0) is 19.1. The van der Waals surface area contributed by atoms with E-state index in [2.05, 4.69) is 16.2 Å². The fourth-order valence-electron chi connectivity index (χ4n) is 3.55. The van der Waals surface area contributed by atoms with Gasteiger partial charge in [0.15, 0.2) is 0 Å². The molecule has 1 aliphatic rings. The number of benzene rings is 2. The van der Waals surface area contributed by atoms with E-state index in [1.165, 1.54) is 17.7 Å².